The average molecular weight is 282 g/mol. The first kappa shape index (κ1) is 13.7. The molecule has 0 aliphatic carbocycles. The van der Waals surface area contributed by atoms with Crippen LogP contribution in [-0.2, 0) is 4.79 Å². The smallest absolute Gasteiger partial charge is 0.256 e. The average Bonchev–Trinajstić information content (AvgIpc) is 2.41. The number of carbonyl (C=O) groups excluding carboxylic acids is 2. The number of carbonyl (C=O) groups is 2. The Kier molecular flexibility index (Phi) is 3.95. The van der Waals surface area contributed by atoms with Gasteiger partial charge in [-0.15, -0.1) is 0 Å². The van der Waals surface area contributed by atoms with Crippen LogP contribution >= 0.6 is 11.6 Å². The van der Waals surface area contributed by atoms with Crippen LogP contribution in [0.1, 0.15) is 23.2 Å². The van der Waals surface area contributed by atoms with Crippen LogP contribution in [0.2, 0.25) is 5.02 Å². The number of likely N-dealkylation sites (tertiary alicyclic amines) is 1. The van der Waals surface area contributed by atoms with E-state index in [1.54, 1.807) is 23.1 Å². The van der Waals surface area contributed by atoms with E-state index in [0.717, 1.165) is 12.8 Å². The second-order valence-electron chi connectivity index (χ2n) is 4.72. The summed E-state index contributed by atoms with van der Waals surface area (Å²) in [4.78, 5) is 25.2. The van der Waals surface area contributed by atoms with Gasteiger partial charge >= 0.3 is 0 Å². The van der Waals surface area contributed by atoms with Crippen molar-refractivity contribution in [3.05, 3.63) is 28.8 Å². The quantitative estimate of drug-likeness (QED) is 0.800. The molecule has 1 aromatic rings. The van der Waals surface area contributed by atoms with Gasteiger partial charge in [0.15, 0.2) is 0 Å². The van der Waals surface area contributed by atoms with E-state index in [1.807, 2.05) is 0 Å². The summed E-state index contributed by atoms with van der Waals surface area (Å²) < 4.78 is 0. The normalized spacial score (nSPS) is 19.2. The lowest BCUT2D eigenvalue weighted by Gasteiger charge is -2.31. The number of halogens is 1. The molecule has 2 amide bonds. The summed E-state index contributed by atoms with van der Waals surface area (Å²) in [5, 5.41) is 0.459. The van der Waals surface area contributed by atoms with Crippen LogP contribution in [0.15, 0.2) is 18.2 Å². The van der Waals surface area contributed by atoms with E-state index in [1.165, 1.54) is 0 Å². The largest absolute Gasteiger partial charge is 0.398 e. The van der Waals surface area contributed by atoms with Gasteiger partial charge in [-0.25, -0.2) is 0 Å². The second-order valence-corrected chi connectivity index (χ2v) is 5.16. The molecule has 0 radical (unpaired) electrons. The highest BCUT2D eigenvalue weighted by Gasteiger charge is 2.28. The van der Waals surface area contributed by atoms with Crippen molar-refractivity contribution in [1.82, 2.24) is 4.90 Å². The van der Waals surface area contributed by atoms with Crippen LogP contribution in [0.4, 0.5) is 5.69 Å². The molecule has 1 aliphatic heterocycles. The topological polar surface area (TPSA) is 89.4 Å². The van der Waals surface area contributed by atoms with Gasteiger partial charge in [0, 0.05) is 23.8 Å². The maximum Gasteiger partial charge on any atom is 0.256 e. The van der Waals surface area contributed by atoms with E-state index in [4.69, 9.17) is 23.1 Å². The third kappa shape index (κ3) is 2.98. The fraction of sp³-hybridized carbons (Fsp3) is 0.385. The molecule has 0 unspecified atom stereocenters. The van der Waals surface area contributed by atoms with Crippen molar-refractivity contribution in [3.63, 3.8) is 0 Å². The lowest BCUT2D eigenvalue weighted by Crippen LogP contribution is -2.44. The van der Waals surface area contributed by atoms with Crippen molar-refractivity contribution in [2.75, 3.05) is 18.8 Å². The van der Waals surface area contributed by atoms with E-state index in [2.05, 4.69) is 0 Å². The van der Waals surface area contributed by atoms with Gasteiger partial charge in [-0.2, -0.15) is 0 Å². The number of primary amides is 1. The van der Waals surface area contributed by atoms with E-state index in [-0.39, 0.29) is 17.7 Å². The summed E-state index contributed by atoms with van der Waals surface area (Å²) in [5.74, 6) is -0.847. The van der Waals surface area contributed by atoms with Gasteiger partial charge in [0.1, 0.15) is 0 Å². The molecule has 0 bridgehead atoms. The summed E-state index contributed by atoms with van der Waals surface area (Å²) >= 11 is 5.88. The maximum absolute atomic E-state index is 12.4. The molecule has 1 heterocycles. The monoisotopic (exact) mass is 281 g/mol. The molecule has 5 nitrogen and oxygen atoms in total. The highest BCUT2D eigenvalue weighted by atomic mass is 35.5. The molecule has 19 heavy (non-hydrogen) atoms. The molecular formula is C13H16ClN3O2. The Bertz CT molecular complexity index is 519. The second kappa shape index (κ2) is 5.48. The van der Waals surface area contributed by atoms with Crippen LogP contribution in [0, 0.1) is 5.92 Å². The van der Waals surface area contributed by atoms with Crippen LogP contribution in [0.5, 0.6) is 0 Å². The minimum Gasteiger partial charge on any atom is -0.398 e. The third-order valence-electron chi connectivity index (χ3n) is 3.36. The van der Waals surface area contributed by atoms with Gasteiger partial charge in [0.2, 0.25) is 5.91 Å². The highest BCUT2D eigenvalue weighted by Crippen LogP contribution is 2.23. The summed E-state index contributed by atoms with van der Waals surface area (Å²) in [5.41, 5.74) is 11.9. The molecule has 1 atom stereocenters. The van der Waals surface area contributed by atoms with Crippen molar-refractivity contribution in [3.8, 4) is 0 Å². The molecule has 1 aliphatic rings. The van der Waals surface area contributed by atoms with Gasteiger partial charge in [0.05, 0.1) is 11.5 Å². The van der Waals surface area contributed by atoms with Gasteiger partial charge in [0.25, 0.3) is 5.91 Å². The minimum absolute atomic E-state index is 0.203. The summed E-state index contributed by atoms with van der Waals surface area (Å²) in [7, 11) is 0. The Morgan fingerprint density at radius 1 is 1.37 bits per heavy atom. The standard InChI is InChI=1S/C13H16ClN3O2/c14-9-3-4-11(15)10(6-9)13(19)17-5-1-2-8(7-17)12(16)18/h3-4,6,8H,1-2,5,7,15H2,(H2,16,18)/t8-/m0/s1. The predicted octanol–water partition coefficient (Wildman–Crippen LogP) is 1.26. The van der Waals surface area contributed by atoms with Crippen molar-refractivity contribution in [1.29, 1.82) is 0 Å². The number of hydrogen-bond donors (Lipinski definition) is 2. The zero-order valence-corrected chi connectivity index (χ0v) is 11.2. The summed E-state index contributed by atoms with van der Waals surface area (Å²) in [6.07, 6.45) is 1.49. The molecule has 6 heteroatoms. The number of piperidine rings is 1. The van der Waals surface area contributed by atoms with Gasteiger partial charge < -0.3 is 16.4 Å². The number of anilines is 1. The SMILES string of the molecule is NC(=O)[C@H]1CCCN(C(=O)c2cc(Cl)ccc2N)C1. The summed E-state index contributed by atoms with van der Waals surface area (Å²) in [6, 6.07) is 4.79. The van der Waals surface area contributed by atoms with Crippen LogP contribution < -0.4 is 11.5 Å². The Balaban J connectivity index is 2.19. The van der Waals surface area contributed by atoms with Crippen molar-refractivity contribution < 1.29 is 9.59 Å². The zero-order valence-electron chi connectivity index (χ0n) is 10.4. The molecule has 1 fully saturated rings. The molecular weight excluding hydrogens is 266 g/mol. The van der Waals surface area contributed by atoms with Crippen LogP contribution in [0.25, 0.3) is 0 Å². The van der Waals surface area contributed by atoms with E-state index >= 15 is 0 Å². The number of nitrogens with two attached hydrogens (primary N) is 2. The highest BCUT2D eigenvalue weighted by molar-refractivity contribution is 6.31. The molecule has 0 aromatic heterocycles. The number of hydrogen-bond acceptors (Lipinski definition) is 3. The molecule has 2 rings (SSSR count). The van der Waals surface area contributed by atoms with Crippen molar-refractivity contribution >= 4 is 29.1 Å². The van der Waals surface area contributed by atoms with Crippen LogP contribution in [-0.4, -0.2) is 29.8 Å². The van der Waals surface area contributed by atoms with Crippen molar-refractivity contribution in [2.24, 2.45) is 11.7 Å². The lowest BCUT2D eigenvalue weighted by molar-refractivity contribution is -0.123. The zero-order chi connectivity index (χ0) is 14.0. The first-order valence-electron chi connectivity index (χ1n) is 6.12. The Hall–Kier alpha value is -1.75. The number of amides is 2. The number of rotatable bonds is 2. The first-order valence-corrected chi connectivity index (χ1v) is 6.50. The van der Waals surface area contributed by atoms with Crippen LogP contribution in [0.3, 0.4) is 0 Å². The Morgan fingerprint density at radius 2 is 2.11 bits per heavy atom. The maximum atomic E-state index is 12.4. The fourth-order valence-corrected chi connectivity index (χ4v) is 2.45. The molecule has 1 aromatic carbocycles. The fourth-order valence-electron chi connectivity index (χ4n) is 2.28. The van der Waals surface area contributed by atoms with Gasteiger partial charge in [-0.05, 0) is 31.0 Å². The first-order chi connectivity index (χ1) is 8.99. The van der Waals surface area contributed by atoms with E-state index in [9.17, 15) is 9.59 Å². The van der Waals surface area contributed by atoms with Crippen molar-refractivity contribution in [2.45, 2.75) is 12.8 Å². The Labute approximate surface area is 116 Å². The minimum atomic E-state index is -0.364. The number of nitrogen functional groups attached to an aromatic ring is 1. The molecule has 0 spiro atoms. The lowest BCUT2D eigenvalue weighted by atomic mass is 9.96. The molecule has 102 valence electrons. The number of benzene rings is 1. The molecule has 1 saturated heterocycles. The van der Waals surface area contributed by atoms with Gasteiger partial charge in [-0.1, -0.05) is 11.6 Å². The van der Waals surface area contributed by atoms with E-state index < -0.39 is 0 Å². The molecule has 0 saturated carbocycles. The number of nitrogens with zero attached hydrogens (tertiary/aromatic N) is 1. The molecule has 4 N–H and O–H groups in total. The Morgan fingerprint density at radius 3 is 2.79 bits per heavy atom. The third-order valence-corrected chi connectivity index (χ3v) is 3.59. The van der Waals surface area contributed by atoms with E-state index in [0.29, 0.717) is 29.4 Å². The van der Waals surface area contributed by atoms with Gasteiger partial charge in [-0.3, -0.25) is 9.59 Å². The predicted molar refractivity (Wildman–Crippen MR) is 73.7 cm³/mol. The summed E-state index contributed by atoms with van der Waals surface area (Å²) in [6.45, 7) is 0.953.